The van der Waals surface area contributed by atoms with Gasteiger partial charge in [0.25, 0.3) is 0 Å². The van der Waals surface area contributed by atoms with E-state index in [9.17, 15) is 4.79 Å². The molecular weight excluding hydrogens is 244 g/mol. The van der Waals surface area contributed by atoms with Crippen LogP contribution in [-0.4, -0.2) is 11.9 Å². The number of anilines is 1. The van der Waals surface area contributed by atoms with Crippen molar-refractivity contribution in [2.24, 2.45) is 5.92 Å². The Bertz CT molecular complexity index is 396. The molecule has 1 aromatic rings. The Kier molecular flexibility index (Phi) is 4.78. The summed E-state index contributed by atoms with van der Waals surface area (Å²) in [5.74, 6) is 0.827. The molecule has 1 fully saturated rings. The monoisotopic (exact) mass is 266 g/mol. The lowest BCUT2D eigenvalue weighted by atomic mass is 10.00. The number of hydrogen-bond donors (Lipinski definition) is 2. The van der Waals surface area contributed by atoms with Crippen molar-refractivity contribution in [3.63, 3.8) is 0 Å². The van der Waals surface area contributed by atoms with Crippen LogP contribution in [0.15, 0.2) is 11.4 Å². The molecule has 1 aliphatic carbocycles. The first-order valence-corrected chi connectivity index (χ1v) is 7.62. The number of carbonyl (C=O) groups is 1. The van der Waals surface area contributed by atoms with Gasteiger partial charge in [0, 0.05) is 24.4 Å². The third-order valence-electron chi connectivity index (χ3n) is 3.75. The molecule has 1 amide bonds. The summed E-state index contributed by atoms with van der Waals surface area (Å²) in [7, 11) is 0. The van der Waals surface area contributed by atoms with E-state index >= 15 is 0 Å². The Morgan fingerprint density at radius 3 is 2.89 bits per heavy atom. The van der Waals surface area contributed by atoms with E-state index in [0.29, 0.717) is 6.04 Å². The minimum Gasteiger partial charge on any atom is -0.325 e. The molecule has 0 spiro atoms. The van der Waals surface area contributed by atoms with Crippen LogP contribution in [0.4, 0.5) is 5.69 Å². The molecule has 1 aromatic heterocycles. The molecule has 4 heteroatoms. The molecule has 2 rings (SSSR count). The van der Waals surface area contributed by atoms with Crippen LogP contribution in [0.1, 0.15) is 44.4 Å². The SMILES string of the molecule is CC(=O)Nc1ccsc1CN[C@H](C)C1CCCC1. The van der Waals surface area contributed by atoms with Crippen LogP contribution >= 0.6 is 11.3 Å². The van der Waals surface area contributed by atoms with E-state index < -0.39 is 0 Å². The van der Waals surface area contributed by atoms with Gasteiger partial charge in [0.2, 0.25) is 5.91 Å². The minimum absolute atomic E-state index is 0.00140. The number of nitrogens with one attached hydrogen (secondary N) is 2. The van der Waals surface area contributed by atoms with Gasteiger partial charge < -0.3 is 10.6 Å². The van der Waals surface area contributed by atoms with Crippen molar-refractivity contribution in [2.75, 3.05) is 5.32 Å². The average molecular weight is 266 g/mol. The van der Waals surface area contributed by atoms with E-state index in [1.165, 1.54) is 30.6 Å². The summed E-state index contributed by atoms with van der Waals surface area (Å²) >= 11 is 1.70. The number of thiophene rings is 1. The van der Waals surface area contributed by atoms with Crippen LogP contribution in [0.2, 0.25) is 0 Å². The van der Waals surface area contributed by atoms with Gasteiger partial charge in [-0.1, -0.05) is 12.8 Å². The maximum atomic E-state index is 11.1. The van der Waals surface area contributed by atoms with Crippen molar-refractivity contribution < 1.29 is 4.79 Å². The van der Waals surface area contributed by atoms with Crippen molar-refractivity contribution in [3.05, 3.63) is 16.3 Å². The lowest BCUT2D eigenvalue weighted by molar-refractivity contribution is -0.114. The molecule has 2 N–H and O–H groups in total. The number of carbonyl (C=O) groups excluding carboxylic acids is 1. The molecular formula is C14H22N2OS. The van der Waals surface area contributed by atoms with Crippen molar-refractivity contribution in [2.45, 2.75) is 52.1 Å². The Morgan fingerprint density at radius 1 is 1.50 bits per heavy atom. The van der Waals surface area contributed by atoms with Gasteiger partial charge >= 0.3 is 0 Å². The highest BCUT2D eigenvalue weighted by molar-refractivity contribution is 7.10. The zero-order chi connectivity index (χ0) is 13.0. The van der Waals surface area contributed by atoms with Gasteiger partial charge in [0.15, 0.2) is 0 Å². The maximum absolute atomic E-state index is 11.1. The molecule has 1 heterocycles. The summed E-state index contributed by atoms with van der Waals surface area (Å²) in [5.41, 5.74) is 0.957. The molecule has 18 heavy (non-hydrogen) atoms. The fraction of sp³-hybridized carbons (Fsp3) is 0.643. The molecule has 0 bridgehead atoms. The second-order valence-electron chi connectivity index (χ2n) is 5.15. The average Bonchev–Trinajstić information content (AvgIpc) is 2.95. The van der Waals surface area contributed by atoms with Gasteiger partial charge in [-0.25, -0.2) is 0 Å². The predicted molar refractivity (Wildman–Crippen MR) is 76.9 cm³/mol. The zero-order valence-electron chi connectivity index (χ0n) is 11.2. The fourth-order valence-electron chi connectivity index (χ4n) is 2.66. The smallest absolute Gasteiger partial charge is 0.221 e. The lowest BCUT2D eigenvalue weighted by Crippen LogP contribution is -2.31. The van der Waals surface area contributed by atoms with Crippen LogP contribution in [0.25, 0.3) is 0 Å². The number of rotatable bonds is 5. The van der Waals surface area contributed by atoms with Crippen molar-refractivity contribution in [1.29, 1.82) is 0 Å². The second-order valence-corrected chi connectivity index (χ2v) is 6.15. The van der Waals surface area contributed by atoms with E-state index in [2.05, 4.69) is 17.6 Å². The quantitative estimate of drug-likeness (QED) is 0.858. The number of amides is 1. The van der Waals surface area contributed by atoms with Crippen molar-refractivity contribution >= 4 is 22.9 Å². The maximum Gasteiger partial charge on any atom is 0.221 e. The topological polar surface area (TPSA) is 41.1 Å². The third-order valence-corrected chi connectivity index (χ3v) is 4.67. The van der Waals surface area contributed by atoms with Gasteiger partial charge in [-0.3, -0.25) is 4.79 Å². The van der Waals surface area contributed by atoms with Crippen LogP contribution in [0.5, 0.6) is 0 Å². The van der Waals surface area contributed by atoms with Gasteiger partial charge in [0.1, 0.15) is 0 Å². The summed E-state index contributed by atoms with van der Waals surface area (Å²) in [6.07, 6.45) is 5.48. The Labute approximate surface area is 113 Å². The highest BCUT2D eigenvalue weighted by Gasteiger charge is 2.21. The second kappa shape index (κ2) is 6.34. The summed E-state index contributed by atoms with van der Waals surface area (Å²) < 4.78 is 0. The number of hydrogen-bond acceptors (Lipinski definition) is 3. The first kappa shape index (κ1) is 13.6. The normalized spacial score (nSPS) is 17.9. The summed E-state index contributed by atoms with van der Waals surface area (Å²) in [6, 6.07) is 2.54. The molecule has 0 saturated heterocycles. The molecule has 1 aliphatic rings. The molecule has 100 valence electrons. The van der Waals surface area contributed by atoms with Gasteiger partial charge in [-0.05, 0) is 37.1 Å². The molecule has 1 saturated carbocycles. The van der Waals surface area contributed by atoms with Crippen LogP contribution in [0.3, 0.4) is 0 Å². The van der Waals surface area contributed by atoms with Gasteiger partial charge in [0.05, 0.1) is 5.69 Å². The molecule has 0 aromatic carbocycles. The minimum atomic E-state index is -0.00140. The summed E-state index contributed by atoms with van der Waals surface area (Å²) in [6.45, 7) is 4.68. The Balaban J connectivity index is 1.85. The largest absolute Gasteiger partial charge is 0.325 e. The molecule has 1 atom stereocenters. The van der Waals surface area contributed by atoms with Crippen molar-refractivity contribution in [1.82, 2.24) is 5.32 Å². The van der Waals surface area contributed by atoms with Crippen LogP contribution < -0.4 is 10.6 Å². The fourth-order valence-corrected chi connectivity index (χ4v) is 3.44. The standard InChI is InChI=1S/C14H22N2OS/c1-10(12-5-3-4-6-12)15-9-14-13(7-8-18-14)16-11(2)17/h7-8,10,12,15H,3-6,9H2,1-2H3,(H,16,17)/t10-/m1/s1. The Morgan fingerprint density at radius 2 is 2.22 bits per heavy atom. The molecule has 0 radical (unpaired) electrons. The van der Waals surface area contributed by atoms with E-state index in [0.717, 1.165) is 18.2 Å². The van der Waals surface area contributed by atoms with Gasteiger partial charge in [-0.2, -0.15) is 0 Å². The first-order chi connectivity index (χ1) is 8.66. The van der Waals surface area contributed by atoms with Gasteiger partial charge in [-0.15, -0.1) is 11.3 Å². The highest BCUT2D eigenvalue weighted by atomic mass is 32.1. The van der Waals surface area contributed by atoms with Crippen LogP contribution in [-0.2, 0) is 11.3 Å². The van der Waals surface area contributed by atoms with E-state index in [4.69, 9.17) is 0 Å². The third kappa shape index (κ3) is 3.56. The highest BCUT2D eigenvalue weighted by Crippen LogP contribution is 2.28. The first-order valence-electron chi connectivity index (χ1n) is 6.74. The van der Waals surface area contributed by atoms with E-state index in [-0.39, 0.29) is 5.91 Å². The van der Waals surface area contributed by atoms with Crippen LogP contribution in [0, 0.1) is 5.92 Å². The Hall–Kier alpha value is -0.870. The molecule has 3 nitrogen and oxygen atoms in total. The van der Waals surface area contributed by atoms with E-state index in [1.54, 1.807) is 18.3 Å². The molecule has 0 unspecified atom stereocenters. The van der Waals surface area contributed by atoms with Crippen molar-refractivity contribution in [3.8, 4) is 0 Å². The molecule has 0 aliphatic heterocycles. The summed E-state index contributed by atoms with van der Waals surface area (Å²) in [4.78, 5) is 12.3. The summed E-state index contributed by atoms with van der Waals surface area (Å²) in [5, 5.41) is 8.51. The lowest BCUT2D eigenvalue weighted by Gasteiger charge is -2.20. The predicted octanol–water partition coefficient (Wildman–Crippen LogP) is 3.37. The van der Waals surface area contributed by atoms with E-state index in [1.807, 2.05) is 11.4 Å². The zero-order valence-corrected chi connectivity index (χ0v) is 12.0.